The van der Waals surface area contributed by atoms with Crippen LogP contribution in [0.15, 0.2) is 24.3 Å². The summed E-state index contributed by atoms with van der Waals surface area (Å²) in [4.78, 5) is 16.9. The monoisotopic (exact) mass is 570 g/mol. The van der Waals surface area contributed by atoms with Crippen molar-refractivity contribution < 1.29 is 27.9 Å². The molecule has 0 aromatic heterocycles. The van der Waals surface area contributed by atoms with Crippen LogP contribution in [0.25, 0.3) is 0 Å². The van der Waals surface area contributed by atoms with Crippen LogP contribution in [0.4, 0.5) is 5.69 Å². The Kier molecular flexibility index (Phi) is 13.8. The number of halogens is 2. The highest BCUT2D eigenvalue weighted by Crippen LogP contribution is 2.34. The Hall–Kier alpha value is -1.34. The number of methoxy groups -OCH3 is 1. The molecule has 0 saturated carbocycles. The Labute approximate surface area is 227 Å². The van der Waals surface area contributed by atoms with Crippen LogP contribution in [0, 0.1) is 0 Å². The molecule has 10 nitrogen and oxygen atoms in total. The van der Waals surface area contributed by atoms with E-state index in [1.165, 1.54) is 4.31 Å². The van der Waals surface area contributed by atoms with Crippen molar-refractivity contribution in [1.29, 1.82) is 0 Å². The summed E-state index contributed by atoms with van der Waals surface area (Å²) in [6.07, 6.45) is 2.36. The van der Waals surface area contributed by atoms with Crippen molar-refractivity contribution in [3.05, 3.63) is 24.3 Å². The second-order valence-electron chi connectivity index (χ2n) is 8.86. The maximum Gasteiger partial charge on any atom is 0.266 e. The van der Waals surface area contributed by atoms with Crippen LogP contribution >= 0.6 is 24.8 Å². The van der Waals surface area contributed by atoms with E-state index in [1.54, 1.807) is 12.6 Å². The van der Waals surface area contributed by atoms with Gasteiger partial charge in [0.2, 0.25) is 10.0 Å². The third kappa shape index (κ3) is 7.37. The zero-order valence-corrected chi connectivity index (χ0v) is 23.5. The fourth-order valence-electron chi connectivity index (χ4n) is 4.58. The number of carbonyl (C=O) groups excluding carboxylic acids is 1. The summed E-state index contributed by atoms with van der Waals surface area (Å²) < 4.78 is 37.9. The highest BCUT2D eigenvalue weighted by Gasteiger charge is 2.55. The Bertz CT molecular complexity index is 890. The SMILES string of the molecule is CCCCOc1ccc(N2CCN(S(=O)(=O)C3(C(=O)NO)CCN(CCOC)CC3)CC2)cc1.Cl.Cl. The zero-order valence-electron chi connectivity index (χ0n) is 21.1. The van der Waals surface area contributed by atoms with Crippen LogP contribution in [-0.2, 0) is 19.6 Å². The van der Waals surface area contributed by atoms with E-state index in [2.05, 4.69) is 16.7 Å². The smallest absolute Gasteiger partial charge is 0.266 e. The first-order valence-electron chi connectivity index (χ1n) is 12.0. The van der Waals surface area contributed by atoms with Crippen molar-refractivity contribution in [3.63, 3.8) is 0 Å². The Morgan fingerprint density at radius 2 is 1.64 bits per heavy atom. The Morgan fingerprint density at radius 3 is 2.17 bits per heavy atom. The van der Waals surface area contributed by atoms with Crippen molar-refractivity contribution in [1.82, 2.24) is 14.7 Å². The van der Waals surface area contributed by atoms with Gasteiger partial charge in [0.25, 0.3) is 5.91 Å². The molecule has 1 aromatic rings. The molecule has 2 heterocycles. The first-order chi connectivity index (χ1) is 16.4. The molecule has 2 saturated heterocycles. The van der Waals surface area contributed by atoms with E-state index in [-0.39, 0.29) is 50.7 Å². The first kappa shape index (κ1) is 32.7. The molecule has 2 fully saturated rings. The normalized spacial score (nSPS) is 18.6. The number of piperidine rings is 1. The largest absolute Gasteiger partial charge is 0.494 e. The number of piperazine rings is 1. The number of unbranched alkanes of at least 4 members (excludes halogenated alkanes) is 1. The second kappa shape index (κ2) is 15.2. The van der Waals surface area contributed by atoms with Gasteiger partial charge in [0.05, 0.1) is 13.2 Å². The molecule has 13 heteroatoms. The van der Waals surface area contributed by atoms with Gasteiger partial charge in [-0.2, -0.15) is 4.31 Å². The zero-order chi connectivity index (χ0) is 24.6. The van der Waals surface area contributed by atoms with E-state index < -0.39 is 20.7 Å². The topological polar surface area (TPSA) is 112 Å². The number of likely N-dealkylation sites (tertiary alicyclic amines) is 1. The molecule has 3 rings (SSSR count). The van der Waals surface area contributed by atoms with Crippen molar-refractivity contribution in [3.8, 4) is 5.75 Å². The van der Waals surface area contributed by atoms with Gasteiger partial charge in [-0.1, -0.05) is 13.3 Å². The number of sulfonamides is 1. The number of hydroxylamine groups is 1. The van der Waals surface area contributed by atoms with Crippen LogP contribution in [-0.4, -0.2) is 99.6 Å². The molecule has 2 N–H and O–H groups in total. The molecular weight excluding hydrogens is 531 g/mol. The van der Waals surface area contributed by atoms with Crippen molar-refractivity contribution >= 4 is 46.4 Å². The molecule has 0 unspecified atom stereocenters. The van der Waals surface area contributed by atoms with E-state index in [1.807, 2.05) is 24.3 Å². The van der Waals surface area contributed by atoms with Gasteiger partial charge in [-0.05, 0) is 43.5 Å². The molecule has 208 valence electrons. The van der Waals surface area contributed by atoms with Gasteiger partial charge in [0.1, 0.15) is 5.75 Å². The molecule has 2 aliphatic rings. The summed E-state index contributed by atoms with van der Waals surface area (Å²) >= 11 is 0. The molecule has 1 aromatic carbocycles. The fourth-order valence-corrected chi connectivity index (χ4v) is 6.70. The average molecular weight is 572 g/mol. The number of anilines is 1. The molecule has 1 amide bonds. The lowest BCUT2D eigenvalue weighted by atomic mass is 9.95. The number of benzene rings is 1. The maximum absolute atomic E-state index is 13.7. The molecule has 0 spiro atoms. The molecule has 2 aliphatic heterocycles. The lowest BCUT2D eigenvalue weighted by molar-refractivity contribution is -0.133. The lowest BCUT2D eigenvalue weighted by Crippen LogP contribution is -2.63. The van der Waals surface area contributed by atoms with Gasteiger partial charge in [0, 0.05) is 58.6 Å². The summed E-state index contributed by atoms with van der Waals surface area (Å²) in [7, 11) is -2.35. The number of hydrogen-bond acceptors (Lipinski definition) is 8. The van der Waals surface area contributed by atoms with Gasteiger partial charge >= 0.3 is 0 Å². The standard InChI is InChI=1S/C23H38N4O6S.2ClH/c1-3-4-18-33-21-7-5-20(6-8-21)26-13-15-27(16-14-26)34(30,31)23(22(28)24-29)9-11-25(12-10-23)17-19-32-2;;/h5-8,29H,3-4,9-19H2,1-2H3,(H,24,28);2*1H. The Balaban J connectivity index is 0.00000324. The second-order valence-corrected chi connectivity index (χ2v) is 11.1. The van der Waals surface area contributed by atoms with E-state index in [9.17, 15) is 18.4 Å². The molecule has 36 heavy (non-hydrogen) atoms. The van der Waals surface area contributed by atoms with Crippen LogP contribution in [0.5, 0.6) is 5.75 Å². The Morgan fingerprint density at radius 1 is 1.03 bits per heavy atom. The highest BCUT2D eigenvalue weighted by atomic mass is 35.5. The fraction of sp³-hybridized carbons (Fsp3) is 0.696. The first-order valence-corrected chi connectivity index (χ1v) is 13.5. The van der Waals surface area contributed by atoms with Gasteiger partial charge in [0.15, 0.2) is 4.75 Å². The van der Waals surface area contributed by atoms with E-state index in [0.717, 1.165) is 24.3 Å². The van der Waals surface area contributed by atoms with Crippen LogP contribution in [0.3, 0.4) is 0 Å². The summed E-state index contributed by atoms with van der Waals surface area (Å²) in [6.45, 7) is 6.53. The summed E-state index contributed by atoms with van der Waals surface area (Å²) in [6, 6.07) is 7.85. The van der Waals surface area contributed by atoms with Gasteiger partial charge in [-0.15, -0.1) is 24.8 Å². The number of rotatable bonds is 11. The van der Waals surface area contributed by atoms with Crippen LogP contribution < -0.4 is 15.1 Å². The van der Waals surface area contributed by atoms with Gasteiger partial charge in [-0.3, -0.25) is 10.0 Å². The molecule has 0 radical (unpaired) electrons. The minimum absolute atomic E-state index is 0. The highest BCUT2D eigenvalue weighted by molar-refractivity contribution is 7.91. The third-order valence-corrected chi connectivity index (χ3v) is 9.46. The predicted octanol–water partition coefficient (Wildman–Crippen LogP) is 2.15. The average Bonchev–Trinajstić information content (AvgIpc) is 2.88. The lowest BCUT2D eigenvalue weighted by Gasteiger charge is -2.44. The maximum atomic E-state index is 13.7. The van der Waals surface area contributed by atoms with E-state index in [4.69, 9.17) is 9.47 Å². The minimum Gasteiger partial charge on any atom is -0.494 e. The molecule has 0 atom stereocenters. The number of hydrogen-bond donors (Lipinski definition) is 2. The van der Waals surface area contributed by atoms with Crippen molar-refractivity contribution in [2.75, 3.05) is 71.0 Å². The number of nitrogens with zero attached hydrogens (tertiary/aromatic N) is 3. The van der Waals surface area contributed by atoms with Crippen molar-refractivity contribution in [2.24, 2.45) is 0 Å². The number of nitrogens with one attached hydrogen (secondary N) is 1. The van der Waals surface area contributed by atoms with Gasteiger partial charge in [-0.25, -0.2) is 13.9 Å². The number of ether oxygens (including phenoxy) is 2. The predicted molar refractivity (Wildman–Crippen MR) is 144 cm³/mol. The molecule has 0 bridgehead atoms. The third-order valence-electron chi connectivity index (χ3n) is 6.83. The number of amides is 1. The minimum atomic E-state index is -3.97. The summed E-state index contributed by atoms with van der Waals surface area (Å²) in [5.41, 5.74) is 2.64. The number of carbonyl (C=O) groups is 1. The molecule has 0 aliphatic carbocycles. The van der Waals surface area contributed by atoms with Gasteiger partial charge < -0.3 is 19.3 Å². The summed E-state index contributed by atoms with van der Waals surface area (Å²) in [5, 5.41) is 9.37. The van der Waals surface area contributed by atoms with Crippen LogP contribution in [0.1, 0.15) is 32.6 Å². The quantitative estimate of drug-likeness (QED) is 0.236. The van der Waals surface area contributed by atoms with Crippen LogP contribution in [0.2, 0.25) is 0 Å². The molecular formula is C23H40Cl2N4O6S. The van der Waals surface area contributed by atoms with E-state index in [0.29, 0.717) is 45.9 Å². The van der Waals surface area contributed by atoms with Crippen molar-refractivity contribution in [2.45, 2.75) is 37.4 Å². The summed E-state index contributed by atoms with van der Waals surface area (Å²) in [5.74, 6) is -0.0211. The van der Waals surface area contributed by atoms with E-state index >= 15 is 0 Å².